The Kier molecular flexibility index (Phi) is 2.83. The van der Waals surface area contributed by atoms with Crippen molar-refractivity contribution in [1.82, 2.24) is 9.97 Å². The average Bonchev–Trinajstić information content (AvgIpc) is 2.31. The third-order valence-corrected chi connectivity index (χ3v) is 2.91. The van der Waals surface area contributed by atoms with Crippen LogP contribution in [0.3, 0.4) is 0 Å². The zero-order chi connectivity index (χ0) is 10.7. The van der Waals surface area contributed by atoms with Gasteiger partial charge in [-0.05, 0) is 18.9 Å². The van der Waals surface area contributed by atoms with E-state index in [1.165, 1.54) is 0 Å². The molecule has 2 rings (SSSR count). The minimum atomic E-state index is -0.411. The fraction of sp³-hybridized carbons (Fsp3) is 0.600. The molecule has 0 aromatic carbocycles. The predicted octanol–water partition coefficient (Wildman–Crippen LogP) is -0.233. The maximum absolute atomic E-state index is 9.13. The van der Waals surface area contributed by atoms with E-state index >= 15 is 0 Å². The number of aliphatic hydroxyl groups excluding tert-OH is 1. The summed E-state index contributed by atoms with van der Waals surface area (Å²) in [7, 11) is 0. The highest BCUT2D eigenvalue weighted by atomic mass is 16.3. The molecule has 0 saturated carbocycles. The lowest BCUT2D eigenvalue weighted by molar-refractivity contribution is 0.169. The molecule has 2 heterocycles. The van der Waals surface area contributed by atoms with Gasteiger partial charge in [-0.25, -0.2) is 9.97 Å². The quantitative estimate of drug-likeness (QED) is 0.702. The van der Waals surface area contributed by atoms with Crippen molar-refractivity contribution < 1.29 is 5.11 Å². The van der Waals surface area contributed by atoms with E-state index < -0.39 is 5.54 Å². The van der Waals surface area contributed by atoms with Gasteiger partial charge < -0.3 is 15.7 Å². The smallest absolute Gasteiger partial charge is 0.225 e. The van der Waals surface area contributed by atoms with E-state index in [-0.39, 0.29) is 6.61 Å². The van der Waals surface area contributed by atoms with Crippen LogP contribution in [0.15, 0.2) is 18.5 Å². The van der Waals surface area contributed by atoms with E-state index in [9.17, 15) is 0 Å². The normalized spacial score (nSPS) is 20.3. The van der Waals surface area contributed by atoms with Crippen LogP contribution >= 0.6 is 0 Å². The molecule has 1 aromatic rings. The van der Waals surface area contributed by atoms with Gasteiger partial charge in [-0.2, -0.15) is 0 Å². The van der Waals surface area contributed by atoms with Crippen molar-refractivity contribution in [3.05, 3.63) is 18.5 Å². The Labute approximate surface area is 88.9 Å². The largest absolute Gasteiger partial charge is 0.394 e. The topological polar surface area (TPSA) is 75.3 Å². The van der Waals surface area contributed by atoms with Crippen LogP contribution in [-0.2, 0) is 0 Å². The molecular weight excluding hydrogens is 192 g/mol. The number of aliphatic hydroxyl groups is 1. The second kappa shape index (κ2) is 4.12. The highest BCUT2D eigenvalue weighted by Gasteiger charge is 2.30. The van der Waals surface area contributed by atoms with Gasteiger partial charge in [0.2, 0.25) is 5.95 Å². The van der Waals surface area contributed by atoms with Gasteiger partial charge in [0.1, 0.15) is 0 Å². The SMILES string of the molecule is NC1(CO)CCN(c2ncccn2)CC1. The number of nitrogens with zero attached hydrogens (tertiary/aromatic N) is 3. The molecule has 0 amide bonds. The number of nitrogens with two attached hydrogens (primary N) is 1. The van der Waals surface area contributed by atoms with Gasteiger partial charge in [0.05, 0.1) is 6.61 Å². The minimum absolute atomic E-state index is 0.0521. The van der Waals surface area contributed by atoms with Crippen LogP contribution in [0.5, 0.6) is 0 Å². The first-order valence-corrected chi connectivity index (χ1v) is 5.15. The number of rotatable bonds is 2. The highest BCUT2D eigenvalue weighted by molar-refractivity contribution is 5.29. The van der Waals surface area contributed by atoms with Crippen LogP contribution in [0.25, 0.3) is 0 Å². The Morgan fingerprint density at radius 2 is 1.93 bits per heavy atom. The van der Waals surface area contributed by atoms with Crippen molar-refractivity contribution in [3.63, 3.8) is 0 Å². The molecule has 0 bridgehead atoms. The maximum atomic E-state index is 9.13. The van der Waals surface area contributed by atoms with Crippen molar-refractivity contribution in [3.8, 4) is 0 Å². The van der Waals surface area contributed by atoms with E-state index in [1.807, 2.05) is 0 Å². The molecule has 1 aliphatic rings. The molecule has 5 heteroatoms. The van der Waals surface area contributed by atoms with Crippen LogP contribution in [0.2, 0.25) is 0 Å². The molecule has 0 atom stereocenters. The van der Waals surface area contributed by atoms with Gasteiger partial charge in [0.25, 0.3) is 0 Å². The van der Waals surface area contributed by atoms with Crippen molar-refractivity contribution in [2.24, 2.45) is 5.73 Å². The van der Waals surface area contributed by atoms with Crippen molar-refractivity contribution in [2.75, 3.05) is 24.6 Å². The zero-order valence-corrected chi connectivity index (χ0v) is 8.63. The number of anilines is 1. The van der Waals surface area contributed by atoms with Gasteiger partial charge >= 0.3 is 0 Å². The monoisotopic (exact) mass is 208 g/mol. The Bertz CT molecular complexity index is 308. The van der Waals surface area contributed by atoms with Crippen LogP contribution in [-0.4, -0.2) is 40.3 Å². The number of hydrogen-bond donors (Lipinski definition) is 2. The van der Waals surface area contributed by atoms with Crippen molar-refractivity contribution in [2.45, 2.75) is 18.4 Å². The summed E-state index contributed by atoms with van der Waals surface area (Å²) in [6, 6.07) is 1.80. The number of aromatic nitrogens is 2. The Balaban J connectivity index is 2.00. The van der Waals surface area contributed by atoms with E-state index in [4.69, 9.17) is 10.8 Å². The summed E-state index contributed by atoms with van der Waals surface area (Å²) in [5.41, 5.74) is 5.57. The second-order valence-corrected chi connectivity index (χ2v) is 4.06. The molecule has 0 radical (unpaired) electrons. The summed E-state index contributed by atoms with van der Waals surface area (Å²) in [6.45, 7) is 1.67. The third-order valence-electron chi connectivity index (χ3n) is 2.91. The molecule has 3 N–H and O–H groups in total. The fourth-order valence-electron chi connectivity index (χ4n) is 1.76. The highest BCUT2D eigenvalue weighted by Crippen LogP contribution is 2.21. The van der Waals surface area contributed by atoms with Gasteiger partial charge in [-0.15, -0.1) is 0 Å². The fourth-order valence-corrected chi connectivity index (χ4v) is 1.76. The zero-order valence-electron chi connectivity index (χ0n) is 8.63. The first kappa shape index (κ1) is 10.3. The molecule has 15 heavy (non-hydrogen) atoms. The molecule has 0 unspecified atom stereocenters. The molecule has 1 saturated heterocycles. The lowest BCUT2D eigenvalue weighted by Crippen LogP contribution is -2.53. The number of hydrogen-bond acceptors (Lipinski definition) is 5. The molecular formula is C10H16N4O. The Hall–Kier alpha value is -1.20. The van der Waals surface area contributed by atoms with E-state index in [2.05, 4.69) is 14.9 Å². The van der Waals surface area contributed by atoms with Crippen molar-refractivity contribution >= 4 is 5.95 Å². The van der Waals surface area contributed by atoms with E-state index in [0.29, 0.717) is 0 Å². The van der Waals surface area contributed by atoms with Crippen LogP contribution in [0.1, 0.15) is 12.8 Å². The summed E-state index contributed by atoms with van der Waals surface area (Å²) in [6.07, 6.45) is 5.03. The molecule has 1 aliphatic heterocycles. The summed E-state index contributed by atoms with van der Waals surface area (Å²) in [5, 5.41) is 9.13. The summed E-state index contributed by atoms with van der Waals surface area (Å²) in [4.78, 5) is 10.5. The van der Waals surface area contributed by atoms with Gasteiger partial charge in [0.15, 0.2) is 0 Å². The molecule has 1 aromatic heterocycles. The lowest BCUT2D eigenvalue weighted by Gasteiger charge is -2.37. The average molecular weight is 208 g/mol. The van der Waals surface area contributed by atoms with E-state index in [0.717, 1.165) is 31.9 Å². The molecule has 0 aliphatic carbocycles. The molecule has 1 fully saturated rings. The molecule has 82 valence electrons. The van der Waals surface area contributed by atoms with Crippen molar-refractivity contribution in [1.29, 1.82) is 0 Å². The van der Waals surface area contributed by atoms with Gasteiger partial charge in [0, 0.05) is 31.0 Å². The third kappa shape index (κ3) is 2.24. The van der Waals surface area contributed by atoms with Gasteiger partial charge in [-0.1, -0.05) is 0 Å². The van der Waals surface area contributed by atoms with Crippen LogP contribution < -0.4 is 10.6 Å². The summed E-state index contributed by atoms with van der Waals surface area (Å²) < 4.78 is 0. The minimum Gasteiger partial charge on any atom is -0.394 e. The Morgan fingerprint density at radius 1 is 1.33 bits per heavy atom. The summed E-state index contributed by atoms with van der Waals surface area (Å²) in [5.74, 6) is 0.748. The van der Waals surface area contributed by atoms with Crippen LogP contribution in [0.4, 0.5) is 5.95 Å². The predicted molar refractivity (Wildman–Crippen MR) is 57.5 cm³/mol. The lowest BCUT2D eigenvalue weighted by atomic mass is 9.90. The van der Waals surface area contributed by atoms with E-state index in [1.54, 1.807) is 18.5 Å². The number of piperidine rings is 1. The standard InChI is InChI=1S/C10H16N4O/c11-10(8-15)2-6-14(7-3-10)9-12-4-1-5-13-9/h1,4-5,15H,2-3,6-8,11H2. The first-order valence-electron chi connectivity index (χ1n) is 5.15. The van der Waals surface area contributed by atoms with Gasteiger partial charge in [-0.3, -0.25) is 0 Å². The molecule has 0 spiro atoms. The second-order valence-electron chi connectivity index (χ2n) is 4.06. The maximum Gasteiger partial charge on any atom is 0.225 e. The van der Waals surface area contributed by atoms with Crippen LogP contribution in [0, 0.1) is 0 Å². The molecule has 5 nitrogen and oxygen atoms in total. The first-order chi connectivity index (χ1) is 7.23. The Morgan fingerprint density at radius 3 is 2.47 bits per heavy atom. The summed E-state index contributed by atoms with van der Waals surface area (Å²) >= 11 is 0.